The molecule has 0 spiro atoms. The third-order valence-electron chi connectivity index (χ3n) is 2.97. The molecule has 0 saturated carbocycles. The maximum absolute atomic E-state index is 12.5. The Morgan fingerprint density at radius 2 is 1.96 bits per heavy atom. The first-order valence-electron chi connectivity index (χ1n) is 7.79. The monoisotopic (exact) mass is 324 g/mol. The fraction of sp³-hybridized carbons (Fsp3) is 0.688. The van der Waals surface area contributed by atoms with Crippen molar-refractivity contribution < 1.29 is 14.3 Å². The number of alkyl carbamates (subject to hydrolysis) is 1. The molecule has 7 nitrogen and oxygen atoms in total. The van der Waals surface area contributed by atoms with Crippen molar-refractivity contribution in [1.29, 1.82) is 0 Å². The molecule has 0 bridgehead atoms. The van der Waals surface area contributed by atoms with E-state index in [0.717, 1.165) is 5.69 Å². The van der Waals surface area contributed by atoms with Crippen LogP contribution in [0, 0.1) is 12.8 Å². The van der Waals surface area contributed by atoms with Gasteiger partial charge in [0, 0.05) is 13.1 Å². The molecular formula is C16H28N4O3. The smallest absolute Gasteiger partial charge is 0.408 e. The highest BCUT2D eigenvalue weighted by Gasteiger charge is 2.25. The molecule has 1 atom stereocenters. The van der Waals surface area contributed by atoms with Gasteiger partial charge < -0.3 is 15.4 Å². The summed E-state index contributed by atoms with van der Waals surface area (Å²) in [5.41, 5.74) is 0.200. The normalized spacial score (nSPS) is 12.9. The maximum Gasteiger partial charge on any atom is 0.408 e. The van der Waals surface area contributed by atoms with Crippen LogP contribution in [-0.2, 0) is 16.6 Å². The van der Waals surface area contributed by atoms with Gasteiger partial charge in [-0.1, -0.05) is 13.8 Å². The van der Waals surface area contributed by atoms with Crippen LogP contribution >= 0.6 is 0 Å². The number of ether oxygens (including phenoxy) is 1. The van der Waals surface area contributed by atoms with Gasteiger partial charge in [0.15, 0.2) is 0 Å². The molecule has 130 valence electrons. The average Bonchev–Trinajstić information content (AvgIpc) is 2.63. The number of amides is 2. The van der Waals surface area contributed by atoms with Gasteiger partial charge in [-0.05, 0) is 40.0 Å². The number of aryl methyl sites for hydroxylation is 2. The fourth-order valence-corrected chi connectivity index (χ4v) is 2.09. The summed E-state index contributed by atoms with van der Waals surface area (Å²) in [5.74, 6) is 0.550. The maximum atomic E-state index is 12.5. The Morgan fingerprint density at radius 3 is 2.39 bits per heavy atom. The van der Waals surface area contributed by atoms with Gasteiger partial charge in [0.1, 0.15) is 17.5 Å². The Balaban J connectivity index is 2.78. The molecule has 23 heavy (non-hydrogen) atoms. The standard InChI is InChI=1S/C16H28N4O3/c1-10(2)8-12(17-15(22)23-16(4,5)6)14(21)18-13-9-11(3)19-20(13)7/h9-10,12H,8H2,1-7H3,(H,17,22)(H,18,21)/t12-/m0/s1. The summed E-state index contributed by atoms with van der Waals surface area (Å²) in [7, 11) is 1.75. The van der Waals surface area contributed by atoms with Crippen LogP contribution in [0.5, 0.6) is 0 Å². The van der Waals surface area contributed by atoms with E-state index in [2.05, 4.69) is 15.7 Å². The van der Waals surface area contributed by atoms with Crippen molar-refractivity contribution in [2.45, 2.75) is 59.6 Å². The van der Waals surface area contributed by atoms with Gasteiger partial charge in [-0.25, -0.2) is 4.79 Å². The van der Waals surface area contributed by atoms with Crippen molar-refractivity contribution in [3.8, 4) is 0 Å². The second kappa shape index (κ2) is 7.48. The van der Waals surface area contributed by atoms with Crippen LogP contribution in [0.1, 0.15) is 46.7 Å². The Kier molecular flexibility index (Phi) is 6.18. The lowest BCUT2D eigenvalue weighted by Crippen LogP contribution is -2.46. The van der Waals surface area contributed by atoms with Crippen molar-refractivity contribution in [1.82, 2.24) is 15.1 Å². The number of hydrogen-bond acceptors (Lipinski definition) is 4. The molecule has 0 radical (unpaired) electrons. The second-order valence-electron chi connectivity index (χ2n) is 7.11. The molecule has 0 fully saturated rings. The van der Waals surface area contributed by atoms with Crippen molar-refractivity contribution in [3.05, 3.63) is 11.8 Å². The molecule has 0 aromatic carbocycles. The number of nitrogens with zero attached hydrogens (tertiary/aromatic N) is 2. The molecule has 0 aliphatic rings. The molecule has 0 saturated heterocycles. The molecule has 2 amide bonds. The minimum atomic E-state index is -0.667. The summed E-state index contributed by atoms with van der Waals surface area (Å²) in [6.45, 7) is 11.2. The quantitative estimate of drug-likeness (QED) is 0.872. The Morgan fingerprint density at radius 1 is 1.35 bits per heavy atom. The molecule has 7 heteroatoms. The highest BCUT2D eigenvalue weighted by molar-refractivity contribution is 5.96. The van der Waals surface area contributed by atoms with Crippen molar-refractivity contribution in [2.75, 3.05) is 5.32 Å². The minimum absolute atomic E-state index is 0.244. The van der Waals surface area contributed by atoms with E-state index in [0.29, 0.717) is 12.2 Å². The number of aromatic nitrogens is 2. The van der Waals surface area contributed by atoms with Crippen molar-refractivity contribution in [3.63, 3.8) is 0 Å². The summed E-state index contributed by atoms with van der Waals surface area (Å²) in [6, 6.07) is 1.11. The van der Waals surface area contributed by atoms with E-state index in [1.54, 1.807) is 38.6 Å². The summed E-state index contributed by atoms with van der Waals surface area (Å²) in [4.78, 5) is 24.4. The highest BCUT2D eigenvalue weighted by atomic mass is 16.6. The van der Waals surface area contributed by atoms with Crippen LogP contribution in [0.15, 0.2) is 6.07 Å². The number of carbonyl (C=O) groups excluding carboxylic acids is 2. The van der Waals surface area contributed by atoms with E-state index >= 15 is 0 Å². The third-order valence-corrected chi connectivity index (χ3v) is 2.97. The van der Waals surface area contributed by atoms with E-state index in [1.165, 1.54) is 0 Å². The van der Waals surface area contributed by atoms with Crippen LogP contribution in [0.25, 0.3) is 0 Å². The van der Waals surface area contributed by atoms with E-state index in [9.17, 15) is 9.59 Å². The predicted molar refractivity (Wildman–Crippen MR) is 89.2 cm³/mol. The van der Waals surface area contributed by atoms with Crippen molar-refractivity contribution >= 4 is 17.8 Å². The zero-order valence-electron chi connectivity index (χ0n) is 15.1. The molecule has 0 aliphatic heterocycles. The first kappa shape index (κ1) is 19.0. The van der Waals surface area contributed by atoms with Gasteiger partial charge >= 0.3 is 6.09 Å². The van der Waals surface area contributed by atoms with Crippen LogP contribution in [0.3, 0.4) is 0 Å². The van der Waals surface area contributed by atoms with Crippen LogP contribution < -0.4 is 10.6 Å². The molecule has 1 rings (SSSR count). The summed E-state index contributed by atoms with van der Waals surface area (Å²) >= 11 is 0. The molecule has 2 N–H and O–H groups in total. The first-order chi connectivity index (χ1) is 10.5. The number of anilines is 1. The lowest BCUT2D eigenvalue weighted by molar-refractivity contribution is -0.118. The molecular weight excluding hydrogens is 296 g/mol. The number of hydrogen-bond donors (Lipinski definition) is 2. The van der Waals surface area contributed by atoms with Crippen LogP contribution in [0.4, 0.5) is 10.6 Å². The predicted octanol–water partition coefficient (Wildman–Crippen LogP) is 2.61. The van der Waals surface area contributed by atoms with Gasteiger partial charge in [-0.3, -0.25) is 9.48 Å². The molecule has 0 unspecified atom stereocenters. The van der Waals surface area contributed by atoms with Gasteiger partial charge in [0.2, 0.25) is 5.91 Å². The molecule has 0 aliphatic carbocycles. The zero-order valence-corrected chi connectivity index (χ0v) is 15.1. The number of nitrogens with one attached hydrogen (secondary N) is 2. The summed E-state index contributed by atoms with van der Waals surface area (Å²) in [6.07, 6.45) is -0.0819. The fourth-order valence-electron chi connectivity index (χ4n) is 2.09. The molecule has 1 heterocycles. The van der Waals surface area contributed by atoms with E-state index < -0.39 is 17.7 Å². The van der Waals surface area contributed by atoms with Gasteiger partial charge in [0.05, 0.1) is 5.69 Å². The highest BCUT2D eigenvalue weighted by Crippen LogP contribution is 2.13. The van der Waals surface area contributed by atoms with E-state index in [4.69, 9.17) is 4.74 Å². The van der Waals surface area contributed by atoms with Crippen molar-refractivity contribution in [2.24, 2.45) is 13.0 Å². The number of rotatable bonds is 5. The summed E-state index contributed by atoms with van der Waals surface area (Å²) in [5, 5.41) is 9.63. The van der Waals surface area contributed by atoms with Crippen LogP contribution in [-0.4, -0.2) is 33.4 Å². The van der Waals surface area contributed by atoms with Gasteiger partial charge in [-0.15, -0.1) is 0 Å². The largest absolute Gasteiger partial charge is 0.444 e. The van der Waals surface area contributed by atoms with E-state index in [-0.39, 0.29) is 11.8 Å². The Bertz CT molecular complexity index is 558. The average molecular weight is 324 g/mol. The Labute approximate surface area is 137 Å². The van der Waals surface area contributed by atoms with Crippen LogP contribution in [0.2, 0.25) is 0 Å². The third kappa shape index (κ3) is 6.71. The number of carbonyl (C=O) groups is 2. The molecule has 1 aromatic heterocycles. The second-order valence-corrected chi connectivity index (χ2v) is 7.11. The topological polar surface area (TPSA) is 85.3 Å². The summed E-state index contributed by atoms with van der Waals surface area (Å²) < 4.78 is 6.82. The first-order valence-corrected chi connectivity index (χ1v) is 7.79. The molecule has 1 aromatic rings. The SMILES string of the molecule is Cc1cc(NC(=O)[C@H](CC(C)C)NC(=O)OC(C)(C)C)n(C)n1. The lowest BCUT2D eigenvalue weighted by Gasteiger charge is -2.24. The van der Waals surface area contributed by atoms with Gasteiger partial charge in [0.25, 0.3) is 0 Å². The van der Waals surface area contributed by atoms with E-state index in [1.807, 2.05) is 20.8 Å². The van der Waals surface area contributed by atoms with Gasteiger partial charge in [-0.2, -0.15) is 5.10 Å². The lowest BCUT2D eigenvalue weighted by atomic mass is 10.0. The Hall–Kier alpha value is -2.05. The zero-order chi connectivity index (χ0) is 17.8. The minimum Gasteiger partial charge on any atom is -0.444 e.